The van der Waals surface area contributed by atoms with E-state index in [4.69, 9.17) is 4.74 Å². The van der Waals surface area contributed by atoms with Gasteiger partial charge < -0.3 is 19.9 Å². The van der Waals surface area contributed by atoms with Crippen LogP contribution in [0.25, 0.3) is 0 Å². The van der Waals surface area contributed by atoms with Crippen molar-refractivity contribution in [2.75, 3.05) is 59.5 Å². The lowest BCUT2D eigenvalue weighted by molar-refractivity contribution is -0.00805. The molecule has 1 aromatic heterocycles. The molecule has 32 heavy (non-hydrogen) atoms. The second kappa shape index (κ2) is 10.9. The van der Waals surface area contributed by atoms with Crippen LogP contribution in [0.4, 0.5) is 0 Å². The van der Waals surface area contributed by atoms with E-state index in [-0.39, 0.29) is 6.10 Å². The van der Waals surface area contributed by atoms with E-state index in [0.29, 0.717) is 6.61 Å². The molecule has 3 heterocycles. The van der Waals surface area contributed by atoms with E-state index in [0.717, 1.165) is 57.3 Å². The van der Waals surface area contributed by atoms with Crippen LogP contribution >= 0.6 is 0 Å². The van der Waals surface area contributed by atoms with Crippen LogP contribution in [0.15, 0.2) is 41.7 Å². The number of guanidine groups is 1. The van der Waals surface area contributed by atoms with E-state index in [1.54, 1.807) is 0 Å². The number of piperazine rings is 1. The van der Waals surface area contributed by atoms with E-state index in [1.165, 1.54) is 24.2 Å². The Labute approximate surface area is 191 Å². The molecule has 1 N–H and O–H groups in total. The molecule has 8 nitrogen and oxygen atoms in total. The number of aliphatic imine (C=N–C) groups is 1. The van der Waals surface area contributed by atoms with Gasteiger partial charge in [-0.15, -0.1) is 0 Å². The molecular weight excluding hydrogens is 402 g/mol. The number of nitrogens with one attached hydrogen (secondary N) is 1. The monoisotopic (exact) mass is 439 g/mol. The smallest absolute Gasteiger partial charge is 0.194 e. The lowest BCUT2D eigenvalue weighted by atomic mass is 10.1. The average molecular weight is 440 g/mol. The summed E-state index contributed by atoms with van der Waals surface area (Å²) in [6.07, 6.45) is 3.93. The molecule has 2 aromatic rings. The van der Waals surface area contributed by atoms with Crippen molar-refractivity contribution >= 4 is 5.96 Å². The molecule has 1 atom stereocenters. The van der Waals surface area contributed by atoms with E-state index in [2.05, 4.69) is 61.3 Å². The van der Waals surface area contributed by atoms with Gasteiger partial charge in [0.15, 0.2) is 5.96 Å². The molecule has 0 spiro atoms. The van der Waals surface area contributed by atoms with Crippen LogP contribution in [0, 0.1) is 0 Å². The molecule has 1 aromatic carbocycles. The van der Waals surface area contributed by atoms with Crippen molar-refractivity contribution < 1.29 is 4.74 Å². The lowest BCUT2D eigenvalue weighted by Gasteiger charge is -2.34. The van der Waals surface area contributed by atoms with Gasteiger partial charge in [0, 0.05) is 71.7 Å². The van der Waals surface area contributed by atoms with Crippen LogP contribution in [0.1, 0.15) is 29.7 Å². The van der Waals surface area contributed by atoms with Crippen molar-refractivity contribution in [3.8, 4) is 0 Å². The highest BCUT2D eigenvalue weighted by atomic mass is 16.5. The van der Waals surface area contributed by atoms with Crippen LogP contribution in [0.5, 0.6) is 0 Å². The molecule has 8 heteroatoms. The summed E-state index contributed by atoms with van der Waals surface area (Å²) in [5.74, 6) is 0.917. The molecule has 0 bridgehead atoms. The highest BCUT2D eigenvalue weighted by molar-refractivity contribution is 5.80. The Morgan fingerprint density at radius 3 is 2.47 bits per heavy atom. The van der Waals surface area contributed by atoms with Gasteiger partial charge in [0.2, 0.25) is 0 Å². The third-order valence-electron chi connectivity index (χ3n) is 6.47. The van der Waals surface area contributed by atoms with Gasteiger partial charge in [-0.05, 0) is 17.7 Å². The number of benzene rings is 1. The Bertz CT molecular complexity index is 871. The second-order valence-corrected chi connectivity index (χ2v) is 8.68. The van der Waals surface area contributed by atoms with Gasteiger partial charge in [0.05, 0.1) is 19.3 Å². The number of likely N-dealkylation sites (N-methyl/N-ethyl adjacent to an activating group) is 1. The summed E-state index contributed by atoms with van der Waals surface area (Å²) in [6, 6.07) is 8.99. The topological polar surface area (TPSA) is 61.2 Å². The van der Waals surface area contributed by atoms with Gasteiger partial charge >= 0.3 is 0 Å². The van der Waals surface area contributed by atoms with Gasteiger partial charge in [0.25, 0.3) is 0 Å². The average Bonchev–Trinajstić information content (AvgIpc) is 3.27. The minimum Gasteiger partial charge on any atom is -0.370 e. The fraction of sp³-hybridized carbons (Fsp3) is 0.583. The zero-order chi connectivity index (χ0) is 22.3. The van der Waals surface area contributed by atoms with Crippen molar-refractivity contribution in [1.29, 1.82) is 0 Å². The maximum absolute atomic E-state index is 5.97. The predicted molar refractivity (Wildman–Crippen MR) is 128 cm³/mol. The Kier molecular flexibility index (Phi) is 7.78. The van der Waals surface area contributed by atoms with Crippen LogP contribution in [-0.2, 0) is 24.9 Å². The summed E-state index contributed by atoms with van der Waals surface area (Å²) in [5, 5.41) is 7.80. The maximum Gasteiger partial charge on any atom is 0.194 e. The largest absolute Gasteiger partial charge is 0.370 e. The van der Waals surface area contributed by atoms with Crippen molar-refractivity contribution in [1.82, 2.24) is 29.8 Å². The van der Waals surface area contributed by atoms with E-state index in [1.807, 2.05) is 31.2 Å². The summed E-state index contributed by atoms with van der Waals surface area (Å²) in [7, 11) is 3.78. The van der Waals surface area contributed by atoms with Crippen molar-refractivity contribution in [2.24, 2.45) is 12.0 Å². The molecule has 2 aliphatic heterocycles. The van der Waals surface area contributed by atoms with Crippen LogP contribution in [0.2, 0.25) is 0 Å². The summed E-state index contributed by atoms with van der Waals surface area (Å²) < 4.78 is 7.79. The fourth-order valence-electron chi connectivity index (χ4n) is 4.45. The molecule has 0 aliphatic carbocycles. The Morgan fingerprint density at radius 1 is 1.09 bits per heavy atom. The fourth-order valence-corrected chi connectivity index (χ4v) is 4.45. The zero-order valence-corrected chi connectivity index (χ0v) is 19.7. The third-order valence-corrected chi connectivity index (χ3v) is 6.47. The van der Waals surface area contributed by atoms with Crippen LogP contribution in [-0.4, -0.2) is 89.9 Å². The van der Waals surface area contributed by atoms with Gasteiger partial charge in [-0.1, -0.05) is 31.2 Å². The molecule has 2 fully saturated rings. The van der Waals surface area contributed by atoms with Gasteiger partial charge in [-0.25, -0.2) is 0 Å². The normalized spacial score (nSPS) is 21.2. The predicted octanol–water partition coefficient (Wildman–Crippen LogP) is 1.71. The van der Waals surface area contributed by atoms with E-state index in [9.17, 15) is 0 Å². The highest BCUT2D eigenvalue weighted by Gasteiger charge is 2.25. The molecule has 0 saturated carbocycles. The number of morpholine rings is 1. The van der Waals surface area contributed by atoms with Crippen molar-refractivity contribution in [3.63, 3.8) is 0 Å². The molecule has 4 rings (SSSR count). The number of hydrogen-bond donors (Lipinski definition) is 1. The van der Waals surface area contributed by atoms with E-state index >= 15 is 0 Å². The first-order chi connectivity index (χ1) is 15.6. The third kappa shape index (κ3) is 5.88. The summed E-state index contributed by atoms with van der Waals surface area (Å²) in [4.78, 5) is 11.9. The number of aryl methyl sites for hydroxylation is 1. The maximum atomic E-state index is 5.97. The molecule has 1 unspecified atom stereocenters. The highest BCUT2D eigenvalue weighted by Crippen LogP contribution is 2.21. The van der Waals surface area contributed by atoms with Gasteiger partial charge in [-0.2, -0.15) is 5.10 Å². The summed E-state index contributed by atoms with van der Waals surface area (Å²) in [5.41, 5.74) is 3.76. The minimum atomic E-state index is 0.0227. The Balaban J connectivity index is 1.26. The zero-order valence-electron chi connectivity index (χ0n) is 19.7. The first-order valence-corrected chi connectivity index (χ1v) is 11.7. The Morgan fingerprint density at radius 2 is 1.81 bits per heavy atom. The standard InChI is InChI=1S/C24H37N7O/c1-4-29-9-11-30(12-10-29)17-21-7-5-20(6-8-21)15-26-24(25-2)31-13-14-32-23(19-31)22-16-27-28(3)18-22/h5-8,16,18,23H,4,9-15,17,19H2,1-3H3,(H,25,26). The van der Waals surface area contributed by atoms with Crippen molar-refractivity contribution in [2.45, 2.75) is 26.1 Å². The van der Waals surface area contributed by atoms with E-state index < -0.39 is 0 Å². The first kappa shape index (κ1) is 22.8. The lowest BCUT2D eigenvalue weighted by Crippen LogP contribution is -2.47. The second-order valence-electron chi connectivity index (χ2n) is 8.68. The quantitative estimate of drug-likeness (QED) is 0.546. The van der Waals surface area contributed by atoms with Gasteiger partial charge in [0.1, 0.15) is 6.10 Å². The number of nitrogens with zero attached hydrogens (tertiary/aromatic N) is 6. The number of ether oxygens (including phenoxy) is 1. The molecule has 0 amide bonds. The number of hydrogen-bond acceptors (Lipinski definition) is 5. The first-order valence-electron chi connectivity index (χ1n) is 11.7. The molecule has 174 valence electrons. The van der Waals surface area contributed by atoms with Crippen molar-refractivity contribution in [3.05, 3.63) is 53.3 Å². The van der Waals surface area contributed by atoms with Crippen LogP contribution in [0.3, 0.4) is 0 Å². The van der Waals surface area contributed by atoms with Gasteiger partial charge in [-0.3, -0.25) is 14.6 Å². The van der Waals surface area contributed by atoms with Crippen LogP contribution < -0.4 is 5.32 Å². The number of aromatic nitrogens is 2. The molecule has 2 saturated heterocycles. The Hall–Kier alpha value is -2.42. The molecule has 0 radical (unpaired) electrons. The SMILES string of the molecule is CCN1CCN(Cc2ccc(CNC(=NC)N3CCOC(c4cnn(C)c4)C3)cc2)CC1. The molecular formula is C24H37N7O. The minimum absolute atomic E-state index is 0.0227. The number of rotatable bonds is 6. The summed E-state index contributed by atoms with van der Waals surface area (Å²) in [6.45, 7) is 12.2. The molecule has 2 aliphatic rings. The summed E-state index contributed by atoms with van der Waals surface area (Å²) >= 11 is 0.